The zero-order valence-corrected chi connectivity index (χ0v) is 73.2. The maximum absolute atomic E-state index is 14.2. The minimum Gasteiger partial charge on any atom is -0.395 e. The molecular formula is C89H76BrCl3F5N31O6. The standard InChI is InChI=1S/C23H21FN8O.C18H11ClFN7.C12H7FN4O2.C12H9FN4.C9H5BrFN.C6H3Cl2N3.C5H11NO.C3H3N3O2.CH4.H2/c24-17-6-1-5-16-18(8-9-25-21(16)17)30-12-20(26-14-30)27-22-19-7-3-11-32(19)29-23(28-22)31-10-2-4-15(31)13-33;19-18-24-17(14-5-2-8-27(14)25-18)23-15-9-26(10-22-15)13-6-7-21-16-11(13)3-1-4-12(16)20;13-9-3-1-2-8-10(4-5-14-12(8)9)16-6-11(15-7-16)17(18)19;13-9-3-1-2-8-10(4-5-15-12(8)9)17-6-11(14)16-7-17;10-7-4-5-12-9-6(7)2-1-3-8(9)11;7-5-4-2-1-3-11(4)10-6(8)9-5;7-4-5-2-1-3-6-5;7-6(8)3-1-4-2-5-3;;/h1,3,5-9,11-12,14-15,33H,2,4,10,13H2,(H,27,28,29);1-10H,(H,23,24,25);1-7H;1-7H,14H2;1-5H;1-3H;5-7H,1-4H2;1-2H,(H,4,5);1H4;1H/t15-;;;;;;5-;;;/m0.....0.../s1. The second-order valence-corrected chi connectivity index (χ2v) is 30.9. The number of hydrogen-bond donors (Lipinski definition) is 7. The van der Waals surface area contributed by atoms with E-state index in [1.54, 1.807) is 152 Å². The molecule has 16 aromatic heterocycles. The van der Waals surface area contributed by atoms with E-state index in [-0.39, 0.29) is 72.5 Å². The molecule has 2 fully saturated rings. The minimum absolute atomic E-state index is 0. The molecule has 0 unspecified atom stereocenters. The van der Waals surface area contributed by atoms with Crippen molar-refractivity contribution in [2.24, 2.45) is 0 Å². The number of aliphatic hydroxyl groups excluding tert-OH is 2. The first-order chi connectivity index (χ1) is 65.1. The third-order valence-electron chi connectivity index (χ3n) is 20.6. The van der Waals surface area contributed by atoms with Crippen LogP contribution in [0.3, 0.4) is 0 Å². The van der Waals surface area contributed by atoms with Gasteiger partial charge in [0.1, 0.15) is 122 Å². The van der Waals surface area contributed by atoms with Crippen molar-refractivity contribution in [2.75, 3.05) is 47.6 Å². The number of nitrogen functional groups attached to an aromatic ring is 1. The first kappa shape index (κ1) is 93.6. The Balaban J connectivity index is 0.000000130. The van der Waals surface area contributed by atoms with Gasteiger partial charge in [0.25, 0.3) is 0 Å². The van der Waals surface area contributed by atoms with Crippen LogP contribution in [0, 0.1) is 49.3 Å². The van der Waals surface area contributed by atoms with Gasteiger partial charge in [0, 0.05) is 95.0 Å². The van der Waals surface area contributed by atoms with Crippen molar-refractivity contribution in [3.05, 3.63) is 339 Å². The fourth-order valence-electron chi connectivity index (χ4n) is 14.4. The zero-order chi connectivity index (χ0) is 93.5. The molecule has 686 valence electrons. The van der Waals surface area contributed by atoms with E-state index in [9.17, 15) is 47.3 Å². The van der Waals surface area contributed by atoms with Crippen molar-refractivity contribution in [3.63, 3.8) is 0 Å². The Morgan fingerprint density at radius 3 is 1.35 bits per heavy atom. The second-order valence-electron chi connectivity index (χ2n) is 29.0. The lowest BCUT2D eigenvalue weighted by molar-refractivity contribution is -0.389. The van der Waals surface area contributed by atoms with Gasteiger partial charge in [0.15, 0.2) is 23.1 Å². The summed E-state index contributed by atoms with van der Waals surface area (Å²) >= 11 is 20.6. The van der Waals surface area contributed by atoms with Crippen LogP contribution in [0.15, 0.2) is 274 Å². The number of para-hydroxylation sites is 5. The van der Waals surface area contributed by atoms with Gasteiger partial charge < -0.3 is 70.7 Å². The predicted molar refractivity (Wildman–Crippen MR) is 506 cm³/mol. The van der Waals surface area contributed by atoms with Crippen LogP contribution in [0.4, 0.5) is 68.6 Å². The smallest absolute Gasteiger partial charge is 0.381 e. The number of halogens is 9. The Morgan fingerprint density at radius 1 is 0.489 bits per heavy atom. The van der Waals surface area contributed by atoms with Crippen molar-refractivity contribution in [3.8, 4) is 22.7 Å². The van der Waals surface area contributed by atoms with Crippen LogP contribution in [0.2, 0.25) is 15.7 Å². The number of imidazole rings is 5. The Morgan fingerprint density at radius 2 is 0.926 bits per heavy atom. The number of fused-ring (bicyclic) bond motifs is 8. The molecule has 0 spiro atoms. The number of rotatable bonds is 13. The maximum atomic E-state index is 14.2. The molecule has 2 aliphatic rings. The molecule has 18 heterocycles. The lowest BCUT2D eigenvalue weighted by Gasteiger charge is -2.23. The zero-order valence-electron chi connectivity index (χ0n) is 69.3. The van der Waals surface area contributed by atoms with E-state index >= 15 is 0 Å². The highest BCUT2D eigenvalue weighted by molar-refractivity contribution is 9.10. The number of anilines is 6. The average molecular weight is 1960 g/mol. The third-order valence-corrected chi connectivity index (χ3v) is 21.9. The number of H-pyrrole nitrogens is 1. The van der Waals surface area contributed by atoms with Gasteiger partial charge in [0.2, 0.25) is 22.8 Å². The van der Waals surface area contributed by atoms with E-state index in [4.69, 9.17) is 50.6 Å². The highest BCUT2D eigenvalue weighted by atomic mass is 79.9. The molecule has 2 saturated heterocycles. The van der Waals surface area contributed by atoms with Crippen LogP contribution in [0.25, 0.3) is 93.8 Å². The van der Waals surface area contributed by atoms with Gasteiger partial charge in [-0.15, -0.1) is 15.3 Å². The Hall–Kier alpha value is -16.1. The molecule has 135 heavy (non-hydrogen) atoms. The van der Waals surface area contributed by atoms with Crippen molar-refractivity contribution in [1.82, 2.24) is 122 Å². The van der Waals surface area contributed by atoms with Crippen molar-refractivity contribution in [1.29, 1.82) is 0 Å². The Bertz CT molecular complexity index is 7720. The number of nitro groups is 2. The van der Waals surface area contributed by atoms with Gasteiger partial charge >= 0.3 is 11.6 Å². The molecule has 21 aromatic rings. The highest BCUT2D eigenvalue weighted by Crippen LogP contribution is 2.33. The minimum atomic E-state index is -0.583. The SMILES string of the molecule is C.Clc1nc(Cl)c2cccn2n1.Fc1cccc2c(-n3cnc(Nc4nc(Cl)nn5cccc45)c3)ccnc12.Fc1cccc2c(Br)ccnc12.Nc1cn(-c2ccnc3c(F)cccc23)cn1.O=[N+]([O-])c1cn(-c2ccnc3c(F)cccc23)cn1.O=[N+]([O-])c1cnc[nH]1.OC[C@@H]1CCCN1.OC[C@@H]1CCCN1c1nc(Nc2cn(-c3ccnc4c(F)cccc34)cn2)c2cccn2n1.[HH]. The second kappa shape index (κ2) is 42.9. The molecule has 2 atom stereocenters. The molecule has 0 saturated carbocycles. The Labute approximate surface area is 784 Å². The number of pyridine rings is 5. The molecule has 37 nitrogen and oxygen atoms in total. The fourth-order valence-corrected chi connectivity index (χ4v) is 15.4. The van der Waals surface area contributed by atoms with Crippen LogP contribution in [0.5, 0.6) is 0 Å². The van der Waals surface area contributed by atoms with Gasteiger partial charge in [0.05, 0.1) is 60.6 Å². The molecule has 23 rings (SSSR count). The summed E-state index contributed by atoms with van der Waals surface area (Å²) < 4.78 is 81.2. The fraction of sp³-hybridized carbons (Fsp3) is 0.124. The molecule has 0 aliphatic carbocycles. The largest absolute Gasteiger partial charge is 0.395 e. The van der Waals surface area contributed by atoms with Gasteiger partial charge in [-0.25, -0.2) is 65.4 Å². The monoisotopic (exact) mass is 1950 g/mol. The molecule has 8 N–H and O–H groups in total. The van der Waals surface area contributed by atoms with E-state index in [1.165, 1.54) is 66.4 Å². The lowest BCUT2D eigenvalue weighted by atomic mass is 10.2. The molecule has 2 aliphatic heterocycles. The summed E-state index contributed by atoms with van der Waals surface area (Å²) in [5, 5.41) is 65.0. The summed E-state index contributed by atoms with van der Waals surface area (Å²) in [5.74, 6) is 1.17. The number of benzene rings is 5. The molecule has 46 heteroatoms. The van der Waals surface area contributed by atoms with Gasteiger partial charge in [-0.05, 0) is 167 Å². The first-order valence-corrected chi connectivity index (χ1v) is 42.3. The Kier molecular flexibility index (Phi) is 29.7. The van der Waals surface area contributed by atoms with Crippen LogP contribution in [-0.2, 0) is 0 Å². The summed E-state index contributed by atoms with van der Waals surface area (Å²) in [6, 6.07) is 44.6. The van der Waals surface area contributed by atoms with Crippen LogP contribution in [-0.4, -0.2) is 175 Å². The number of nitrogens with one attached hydrogen (secondary N) is 4. The van der Waals surface area contributed by atoms with E-state index in [0.29, 0.717) is 96.8 Å². The number of aromatic amines is 1. The quantitative estimate of drug-likeness (QED) is 0.0320. The lowest BCUT2D eigenvalue weighted by Crippen LogP contribution is -2.34. The topological polar surface area (TPSA) is 447 Å². The molecule has 5 aromatic carbocycles. The molecule has 0 amide bonds. The summed E-state index contributed by atoms with van der Waals surface area (Å²) in [5.41, 5.74) is 12.5. The van der Waals surface area contributed by atoms with E-state index in [1.807, 2.05) is 88.6 Å². The van der Waals surface area contributed by atoms with Crippen LogP contribution in [0.1, 0.15) is 34.5 Å². The van der Waals surface area contributed by atoms with E-state index in [0.717, 1.165) is 87.4 Å². The number of nitrogens with zero attached hydrogens (tertiary/aromatic N) is 26. The summed E-state index contributed by atoms with van der Waals surface area (Å²) in [6.45, 7) is 2.27. The van der Waals surface area contributed by atoms with Crippen molar-refractivity contribution in [2.45, 2.75) is 45.2 Å². The normalized spacial score (nSPS) is 13.1. The predicted octanol–water partition coefficient (Wildman–Crippen LogP) is 18.0. The first-order valence-electron chi connectivity index (χ1n) is 40.4. The van der Waals surface area contributed by atoms with Crippen molar-refractivity contribution >= 4 is 168 Å². The number of nitrogens with two attached hydrogens (primary N) is 1. The van der Waals surface area contributed by atoms with Gasteiger partial charge in [-0.2, -0.15) is 9.97 Å². The maximum Gasteiger partial charge on any atom is 0.381 e. The molecule has 0 bridgehead atoms. The third kappa shape index (κ3) is 21.8. The van der Waals surface area contributed by atoms with Crippen molar-refractivity contribution < 1.29 is 43.4 Å². The molecule has 0 radical (unpaired) electrons. The molecular weight excluding hydrogens is 1880 g/mol. The van der Waals surface area contributed by atoms with E-state index < -0.39 is 15.7 Å². The summed E-state index contributed by atoms with van der Waals surface area (Å²) in [6.07, 6.45) is 32.6. The van der Waals surface area contributed by atoms with Crippen LogP contribution < -0.4 is 26.6 Å². The number of hydrogen-bond acceptors (Lipinski definition) is 27. The van der Waals surface area contributed by atoms with Gasteiger partial charge in [-0.1, -0.05) is 95.6 Å². The average Bonchev–Trinajstić information content (AvgIpc) is 1.65. The van der Waals surface area contributed by atoms with Crippen LogP contribution >= 0.6 is 50.7 Å². The summed E-state index contributed by atoms with van der Waals surface area (Å²) in [4.78, 5) is 76.6. The number of aromatic nitrogens is 24. The number of aliphatic hydroxyl groups is 2. The van der Waals surface area contributed by atoms with E-state index in [2.05, 4.69) is 112 Å². The highest BCUT2D eigenvalue weighted by Gasteiger charge is 2.28. The summed E-state index contributed by atoms with van der Waals surface area (Å²) in [7, 11) is 0. The van der Waals surface area contributed by atoms with Gasteiger partial charge in [-0.3, -0.25) is 29.5 Å².